The minimum atomic E-state index is -0.273. The van der Waals surface area contributed by atoms with Crippen LogP contribution in [0, 0.1) is 0 Å². The van der Waals surface area contributed by atoms with E-state index in [-0.39, 0.29) is 23.5 Å². The fourth-order valence-corrected chi connectivity index (χ4v) is 3.16. The Morgan fingerprint density at radius 3 is 2.04 bits per heavy atom. The second-order valence-corrected chi connectivity index (χ2v) is 7.52. The summed E-state index contributed by atoms with van der Waals surface area (Å²) in [5.41, 5.74) is -0.236. The third-order valence-corrected chi connectivity index (χ3v) is 4.92. The lowest BCUT2D eigenvalue weighted by Crippen LogP contribution is -2.09. The highest BCUT2D eigenvalue weighted by Gasteiger charge is 2.03. The minimum Gasteiger partial charge on any atom is -0.487 e. The van der Waals surface area contributed by atoms with Crippen LogP contribution in [0.2, 0.25) is 0 Å². The monoisotopic (exact) mass is 392 g/mol. The van der Waals surface area contributed by atoms with Crippen molar-refractivity contribution in [3.05, 3.63) is 40.5 Å². The Morgan fingerprint density at radius 1 is 0.893 bits per heavy atom. The average Bonchev–Trinajstić information content (AvgIpc) is 2.71. The highest BCUT2D eigenvalue weighted by molar-refractivity contribution is 5.17. The van der Waals surface area contributed by atoms with Crippen LogP contribution in [0.4, 0.5) is 0 Å². The number of unbranched alkanes of at least 4 members (excludes halogenated alkanes) is 12. The van der Waals surface area contributed by atoms with Gasteiger partial charge >= 0.3 is 0 Å². The molecule has 0 aliphatic rings. The van der Waals surface area contributed by atoms with Crippen molar-refractivity contribution < 1.29 is 14.3 Å². The van der Waals surface area contributed by atoms with E-state index in [0.29, 0.717) is 6.61 Å². The van der Waals surface area contributed by atoms with E-state index in [2.05, 4.69) is 19.1 Å². The Bertz CT molecular complexity index is 562. The second-order valence-electron chi connectivity index (χ2n) is 7.52. The average molecular weight is 393 g/mol. The molecule has 0 fully saturated rings. The molecule has 0 radical (unpaired) electrons. The standard InChI is InChI=1S/C24H40O4/c1-2-3-4-5-6-7-8-9-10-11-12-13-14-15-16-17-18-27-24-21-28-22(20-25)19-23(24)26/h9-10,19,21,25H,2-8,11-18,20H2,1H3. The molecule has 28 heavy (non-hydrogen) atoms. The molecule has 0 bridgehead atoms. The van der Waals surface area contributed by atoms with Crippen molar-refractivity contribution in [1.82, 2.24) is 0 Å². The molecule has 1 aromatic heterocycles. The Morgan fingerprint density at radius 2 is 1.46 bits per heavy atom. The van der Waals surface area contributed by atoms with Crippen LogP contribution in [0.5, 0.6) is 5.75 Å². The van der Waals surface area contributed by atoms with Gasteiger partial charge in [-0.3, -0.25) is 4.79 Å². The molecular formula is C24H40O4. The van der Waals surface area contributed by atoms with Gasteiger partial charge in [0.15, 0.2) is 0 Å². The van der Waals surface area contributed by atoms with Crippen LogP contribution in [0.25, 0.3) is 0 Å². The van der Waals surface area contributed by atoms with Crippen LogP contribution in [0.15, 0.2) is 33.7 Å². The molecule has 1 N–H and O–H groups in total. The summed E-state index contributed by atoms with van der Waals surface area (Å²) in [6.45, 7) is 2.52. The largest absolute Gasteiger partial charge is 0.487 e. The molecule has 0 saturated carbocycles. The molecule has 160 valence electrons. The van der Waals surface area contributed by atoms with E-state index >= 15 is 0 Å². The molecule has 0 unspecified atom stereocenters. The van der Waals surface area contributed by atoms with E-state index < -0.39 is 0 Å². The SMILES string of the molecule is CCCCCCCCC=CCCCCCCCCOc1coc(CO)cc1=O. The van der Waals surface area contributed by atoms with Crippen molar-refractivity contribution in [3.8, 4) is 5.75 Å². The predicted octanol–water partition coefficient (Wildman–Crippen LogP) is 6.55. The lowest BCUT2D eigenvalue weighted by Gasteiger charge is -2.05. The summed E-state index contributed by atoms with van der Waals surface area (Å²) in [5, 5.41) is 8.91. The van der Waals surface area contributed by atoms with Gasteiger partial charge in [-0.05, 0) is 32.1 Å². The van der Waals surface area contributed by atoms with Gasteiger partial charge in [0.1, 0.15) is 18.6 Å². The lowest BCUT2D eigenvalue weighted by atomic mass is 10.1. The van der Waals surface area contributed by atoms with Gasteiger partial charge < -0.3 is 14.3 Å². The molecule has 0 aliphatic carbocycles. The van der Waals surface area contributed by atoms with Crippen LogP contribution < -0.4 is 10.2 Å². The van der Waals surface area contributed by atoms with E-state index in [4.69, 9.17) is 14.3 Å². The highest BCUT2D eigenvalue weighted by atomic mass is 16.5. The van der Waals surface area contributed by atoms with Crippen molar-refractivity contribution in [1.29, 1.82) is 0 Å². The molecule has 1 heterocycles. The summed E-state index contributed by atoms with van der Waals surface area (Å²) in [5.74, 6) is 0.486. The topological polar surface area (TPSA) is 59.7 Å². The Hall–Kier alpha value is -1.55. The molecular weight excluding hydrogens is 352 g/mol. The van der Waals surface area contributed by atoms with E-state index in [9.17, 15) is 4.79 Å². The van der Waals surface area contributed by atoms with Gasteiger partial charge in [-0.25, -0.2) is 0 Å². The first kappa shape index (κ1) is 24.5. The fraction of sp³-hybridized carbons (Fsp3) is 0.708. The molecule has 4 nitrogen and oxygen atoms in total. The zero-order valence-corrected chi connectivity index (χ0v) is 17.8. The van der Waals surface area contributed by atoms with E-state index in [1.165, 1.54) is 89.4 Å². The first-order valence-electron chi connectivity index (χ1n) is 11.3. The van der Waals surface area contributed by atoms with Gasteiger partial charge in [0.2, 0.25) is 11.2 Å². The maximum absolute atomic E-state index is 11.7. The van der Waals surface area contributed by atoms with Crippen LogP contribution in [-0.4, -0.2) is 11.7 Å². The van der Waals surface area contributed by atoms with E-state index in [0.717, 1.165) is 12.8 Å². The number of ether oxygens (including phenoxy) is 1. The Labute approximate surface area is 171 Å². The van der Waals surface area contributed by atoms with Crippen molar-refractivity contribution in [2.45, 2.75) is 103 Å². The smallest absolute Gasteiger partial charge is 0.227 e. The van der Waals surface area contributed by atoms with E-state index in [1.54, 1.807) is 0 Å². The third-order valence-electron chi connectivity index (χ3n) is 4.92. The van der Waals surface area contributed by atoms with Crippen molar-refractivity contribution in [3.63, 3.8) is 0 Å². The van der Waals surface area contributed by atoms with Gasteiger partial charge in [-0.2, -0.15) is 0 Å². The van der Waals surface area contributed by atoms with Crippen LogP contribution in [-0.2, 0) is 6.61 Å². The maximum atomic E-state index is 11.7. The van der Waals surface area contributed by atoms with Crippen molar-refractivity contribution in [2.75, 3.05) is 6.61 Å². The van der Waals surface area contributed by atoms with Crippen LogP contribution in [0.3, 0.4) is 0 Å². The number of hydrogen-bond acceptors (Lipinski definition) is 4. The second kappa shape index (κ2) is 17.5. The maximum Gasteiger partial charge on any atom is 0.227 e. The fourth-order valence-electron chi connectivity index (χ4n) is 3.16. The normalized spacial score (nSPS) is 11.4. The van der Waals surface area contributed by atoms with E-state index in [1.807, 2.05) is 0 Å². The number of rotatable bonds is 18. The number of aliphatic hydroxyl groups excluding tert-OH is 1. The molecule has 0 aliphatic heterocycles. The number of aliphatic hydroxyl groups is 1. The molecule has 0 aromatic carbocycles. The van der Waals surface area contributed by atoms with Crippen LogP contribution in [0.1, 0.15) is 103 Å². The molecule has 0 amide bonds. The third kappa shape index (κ3) is 12.8. The van der Waals surface area contributed by atoms with Gasteiger partial charge in [0, 0.05) is 6.07 Å². The first-order valence-corrected chi connectivity index (χ1v) is 11.3. The molecule has 0 saturated heterocycles. The van der Waals surface area contributed by atoms with Crippen molar-refractivity contribution >= 4 is 0 Å². The number of allylic oxidation sites excluding steroid dienone is 2. The zero-order valence-electron chi connectivity index (χ0n) is 17.8. The predicted molar refractivity (Wildman–Crippen MR) is 116 cm³/mol. The summed E-state index contributed by atoms with van der Waals surface area (Å²) in [6.07, 6.45) is 23.8. The summed E-state index contributed by atoms with van der Waals surface area (Å²) < 4.78 is 10.5. The first-order chi connectivity index (χ1) is 13.8. The Balaban J connectivity index is 1.86. The molecule has 0 atom stereocenters. The quantitative estimate of drug-likeness (QED) is 0.227. The van der Waals surface area contributed by atoms with Gasteiger partial charge in [0.05, 0.1) is 6.61 Å². The zero-order chi connectivity index (χ0) is 20.3. The molecule has 1 aromatic rings. The lowest BCUT2D eigenvalue weighted by molar-refractivity contribution is 0.236. The van der Waals surface area contributed by atoms with Gasteiger partial charge in [0.25, 0.3) is 0 Å². The highest BCUT2D eigenvalue weighted by Crippen LogP contribution is 2.11. The molecule has 1 rings (SSSR count). The Kier molecular flexibility index (Phi) is 15.3. The molecule has 4 heteroatoms. The van der Waals surface area contributed by atoms with Crippen LogP contribution >= 0.6 is 0 Å². The summed E-state index contributed by atoms with van der Waals surface area (Å²) in [6, 6.07) is 1.28. The summed E-state index contributed by atoms with van der Waals surface area (Å²) >= 11 is 0. The van der Waals surface area contributed by atoms with Gasteiger partial charge in [-0.15, -0.1) is 0 Å². The van der Waals surface area contributed by atoms with Crippen molar-refractivity contribution in [2.24, 2.45) is 0 Å². The minimum absolute atomic E-state index is 0.227. The summed E-state index contributed by atoms with van der Waals surface area (Å²) in [4.78, 5) is 11.7. The van der Waals surface area contributed by atoms with Gasteiger partial charge in [-0.1, -0.05) is 76.9 Å². The molecule has 0 spiro atoms. The summed E-state index contributed by atoms with van der Waals surface area (Å²) in [7, 11) is 0. The number of hydrogen-bond donors (Lipinski definition) is 1.